The third kappa shape index (κ3) is 3.35. The van der Waals surface area contributed by atoms with Crippen LogP contribution >= 0.6 is 0 Å². The fourth-order valence-electron chi connectivity index (χ4n) is 4.83. The highest BCUT2D eigenvalue weighted by Crippen LogP contribution is 2.49. The summed E-state index contributed by atoms with van der Waals surface area (Å²) in [4.78, 5) is 17.3. The number of hydrogen-bond acceptors (Lipinski definition) is 3. The Kier molecular flexibility index (Phi) is 4.70. The van der Waals surface area contributed by atoms with Crippen molar-refractivity contribution in [1.29, 1.82) is 0 Å². The van der Waals surface area contributed by atoms with E-state index in [0.29, 0.717) is 12.3 Å². The van der Waals surface area contributed by atoms with Crippen LogP contribution in [0.4, 0.5) is 0 Å². The third-order valence-corrected chi connectivity index (χ3v) is 6.20. The molecule has 4 unspecified atom stereocenters. The number of imidazole rings is 1. The van der Waals surface area contributed by atoms with Crippen molar-refractivity contribution in [3.05, 3.63) is 48.0 Å². The molecule has 4 rings (SSSR count). The fourth-order valence-corrected chi connectivity index (χ4v) is 4.83. The second-order valence-electron chi connectivity index (χ2n) is 7.81. The first-order valence-electron chi connectivity index (χ1n) is 9.54. The Hall–Kier alpha value is -2.30. The van der Waals surface area contributed by atoms with Crippen molar-refractivity contribution in [3.8, 4) is 5.75 Å². The van der Waals surface area contributed by atoms with E-state index in [0.717, 1.165) is 29.0 Å². The predicted molar refractivity (Wildman–Crippen MR) is 99.7 cm³/mol. The highest BCUT2D eigenvalue weighted by atomic mass is 16.5. The average molecular weight is 353 g/mol. The summed E-state index contributed by atoms with van der Waals surface area (Å²) in [5.41, 5.74) is 1.02. The molecular formula is C21H27N3O2. The van der Waals surface area contributed by atoms with Crippen LogP contribution in [0.3, 0.4) is 0 Å². The molecule has 2 fully saturated rings. The van der Waals surface area contributed by atoms with Gasteiger partial charge < -0.3 is 14.6 Å². The molecule has 2 saturated carbocycles. The molecule has 2 aliphatic rings. The molecule has 2 aliphatic carbocycles. The summed E-state index contributed by atoms with van der Waals surface area (Å²) in [7, 11) is 3.61. The number of benzene rings is 1. The lowest BCUT2D eigenvalue weighted by Crippen LogP contribution is -2.33. The number of hydrogen-bond donors (Lipinski definition) is 1. The number of fused-ring (bicyclic) bond motifs is 2. The quantitative estimate of drug-likeness (QED) is 0.865. The molecule has 2 aromatic rings. The molecule has 2 bridgehead atoms. The lowest BCUT2D eigenvalue weighted by atomic mass is 9.86. The van der Waals surface area contributed by atoms with Crippen molar-refractivity contribution in [2.24, 2.45) is 24.8 Å². The van der Waals surface area contributed by atoms with Crippen molar-refractivity contribution in [2.75, 3.05) is 7.11 Å². The highest BCUT2D eigenvalue weighted by molar-refractivity contribution is 5.77. The average Bonchev–Trinajstić information content (AvgIpc) is 3.37. The molecule has 4 atom stereocenters. The van der Waals surface area contributed by atoms with E-state index in [-0.39, 0.29) is 11.9 Å². The minimum absolute atomic E-state index is 0.131. The zero-order valence-corrected chi connectivity index (χ0v) is 15.5. The summed E-state index contributed by atoms with van der Waals surface area (Å²) in [6.45, 7) is 0. The van der Waals surface area contributed by atoms with Gasteiger partial charge in [0.05, 0.1) is 7.11 Å². The molecule has 0 aliphatic heterocycles. The molecular weight excluding hydrogens is 326 g/mol. The predicted octanol–water partition coefficient (Wildman–Crippen LogP) is 3.46. The summed E-state index contributed by atoms with van der Waals surface area (Å²) in [5, 5.41) is 3.24. The van der Waals surface area contributed by atoms with Crippen LogP contribution < -0.4 is 10.1 Å². The first-order valence-corrected chi connectivity index (χ1v) is 9.54. The number of rotatable bonds is 6. The Bertz CT molecular complexity index is 768. The van der Waals surface area contributed by atoms with E-state index >= 15 is 0 Å². The SMILES string of the molecule is COc1ccc(C(NC(=O)CC2CC3CCC2C3)c2nccn2C)cc1. The standard InChI is InChI=1S/C21H27N3O2/c1-24-10-9-22-21(24)20(15-5-7-18(26-2)8-6-15)23-19(25)13-17-12-14-3-4-16(17)11-14/h5-10,14,16-17,20H,3-4,11-13H2,1-2H3,(H,23,25). The van der Waals surface area contributed by atoms with Crippen LogP contribution in [0.1, 0.15) is 49.5 Å². The molecule has 1 heterocycles. The van der Waals surface area contributed by atoms with Crippen LogP contribution in [-0.2, 0) is 11.8 Å². The van der Waals surface area contributed by atoms with Crippen molar-refractivity contribution in [1.82, 2.24) is 14.9 Å². The van der Waals surface area contributed by atoms with Crippen molar-refractivity contribution >= 4 is 5.91 Å². The second kappa shape index (κ2) is 7.14. The van der Waals surface area contributed by atoms with Gasteiger partial charge in [-0.2, -0.15) is 0 Å². The van der Waals surface area contributed by atoms with Crippen LogP contribution in [0.25, 0.3) is 0 Å². The minimum atomic E-state index is -0.244. The minimum Gasteiger partial charge on any atom is -0.497 e. The Morgan fingerprint density at radius 1 is 1.31 bits per heavy atom. The smallest absolute Gasteiger partial charge is 0.221 e. The number of carbonyl (C=O) groups excluding carboxylic acids is 1. The van der Waals surface area contributed by atoms with Crippen LogP contribution in [0.15, 0.2) is 36.7 Å². The van der Waals surface area contributed by atoms with Crippen molar-refractivity contribution in [3.63, 3.8) is 0 Å². The van der Waals surface area contributed by atoms with Gasteiger partial charge in [-0.15, -0.1) is 0 Å². The lowest BCUT2D eigenvalue weighted by molar-refractivity contribution is -0.123. The van der Waals surface area contributed by atoms with E-state index in [1.807, 2.05) is 42.1 Å². The van der Waals surface area contributed by atoms with E-state index in [2.05, 4.69) is 10.3 Å². The molecule has 1 aromatic heterocycles. The zero-order chi connectivity index (χ0) is 18.1. The van der Waals surface area contributed by atoms with Crippen LogP contribution in [0.5, 0.6) is 5.75 Å². The van der Waals surface area contributed by atoms with E-state index in [9.17, 15) is 4.79 Å². The van der Waals surface area contributed by atoms with E-state index in [4.69, 9.17) is 4.74 Å². The van der Waals surface area contributed by atoms with Gasteiger partial charge in [-0.25, -0.2) is 4.98 Å². The maximum Gasteiger partial charge on any atom is 0.221 e. The highest BCUT2D eigenvalue weighted by Gasteiger charge is 2.40. The monoisotopic (exact) mass is 353 g/mol. The largest absolute Gasteiger partial charge is 0.497 e. The number of nitrogens with one attached hydrogen (secondary N) is 1. The van der Waals surface area contributed by atoms with E-state index in [1.165, 1.54) is 25.7 Å². The van der Waals surface area contributed by atoms with Gasteiger partial charge in [0, 0.05) is 25.9 Å². The van der Waals surface area contributed by atoms with Crippen LogP contribution in [0.2, 0.25) is 0 Å². The maximum atomic E-state index is 12.8. The Morgan fingerprint density at radius 3 is 2.69 bits per heavy atom. The number of methoxy groups -OCH3 is 1. The van der Waals surface area contributed by atoms with Gasteiger partial charge in [-0.1, -0.05) is 18.6 Å². The number of ether oxygens (including phenoxy) is 1. The van der Waals surface area contributed by atoms with Crippen LogP contribution in [0, 0.1) is 17.8 Å². The van der Waals surface area contributed by atoms with Crippen LogP contribution in [-0.4, -0.2) is 22.6 Å². The Labute approximate surface area is 154 Å². The van der Waals surface area contributed by atoms with Crippen molar-refractivity contribution < 1.29 is 9.53 Å². The molecule has 5 heteroatoms. The Balaban J connectivity index is 1.51. The second-order valence-corrected chi connectivity index (χ2v) is 7.81. The number of aromatic nitrogens is 2. The summed E-state index contributed by atoms with van der Waals surface area (Å²) in [5.74, 6) is 3.97. The van der Waals surface area contributed by atoms with Gasteiger partial charge >= 0.3 is 0 Å². The molecule has 26 heavy (non-hydrogen) atoms. The zero-order valence-electron chi connectivity index (χ0n) is 15.5. The van der Waals surface area contributed by atoms with Gasteiger partial charge in [-0.3, -0.25) is 4.79 Å². The normalized spacial score (nSPS) is 25.2. The van der Waals surface area contributed by atoms with Gasteiger partial charge in [-0.05, 0) is 54.7 Å². The fraction of sp³-hybridized carbons (Fsp3) is 0.524. The number of carbonyl (C=O) groups is 1. The number of nitrogens with zero attached hydrogens (tertiary/aromatic N) is 2. The van der Waals surface area contributed by atoms with E-state index in [1.54, 1.807) is 13.3 Å². The molecule has 0 saturated heterocycles. The molecule has 5 nitrogen and oxygen atoms in total. The van der Waals surface area contributed by atoms with Gasteiger partial charge in [0.1, 0.15) is 17.6 Å². The summed E-state index contributed by atoms with van der Waals surface area (Å²) in [6, 6.07) is 7.60. The lowest BCUT2D eigenvalue weighted by Gasteiger charge is -2.24. The third-order valence-electron chi connectivity index (χ3n) is 6.20. The summed E-state index contributed by atoms with van der Waals surface area (Å²) < 4.78 is 7.22. The first-order chi connectivity index (χ1) is 12.6. The number of amides is 1. The molecule has 0 radical (unpaired) electrons. The number of aryl methyl sites for hydroxylation is 1. The van der Waals surface area contributed by atoms with Gasteiger partial charge in [0.25, 0.3) is 0 Å². The summed E-state index contributed by atoms with van der Waals surface area (Å²) >= 11 is 0. The maximum absolute atomic E-state index is 12.8. The Morgan fingerprint density at radius 2 is 2.12 bits per heavy atom. The molecule has 138 valence electrons. The molecule has 1 aromatic carbocycles. The molecule has 0 spiro atoms. The van der Waals surface area contributed by atoms with Gasteiger partial charge in [0.2, 0.25) is 5.91 Å². The molecule has 1 amide bonds. The van der Waals surface area contributed by atoms with E-state index < -0.39 is 0 Å². The molecule has 1 N–H and O–H groups in total. The first kappa shape index (κ1) is 17.1. The topological polar surface area (TPSA) is 56.1 Å². The van der Waals surface area contributed by atoms with Gasteiger partial charge in [0.15, 0.2) is 0 Å². The van der Waals surface area contributed by atoms with Crippen molar-refractivity contribution in [2.45, 2.75) is 38.1 Å². The summed E-state index contributed by atoms with van der Waals surface area (Å²) in [6.07, 6.45) is 9.56.